The van der Waals surface area contributed by atoms with E-state index in [0.717, 1.165) is 12.8 Å². The largest absolute Gasteiger partial charge is 0.414 e. The Hall–Kier alpha value is -0.123. The molecule has 1 fully saturated rings. The summed E-state index contributed by atoms with van der Waals surface area (Å²) in [5, 5.41) is 10.5. The number of aliphatic hydroxyl groups excluding tert-OH is 1. The van der Waals surface area contributed by atoms with E-state index >= 15 is 0 Å². The van der Waals surface area contributed by atoms with Crippen LogP contribution in [0.1, 0.15) is 53.4 Å². The third-order valence-electron chi connectivity index (χ3n) is 4.83. The predicted octanol–water partition coefficient (Wildman–Crippen LogP) is 4.50. The van der Waals surface area contributed by atoms with E-state index in [0.29, 0.717) is 0 Å². The lowest BCUT2D eigenvalue weighted by Crippen LogP contribution is -2.48. The predicted molar refractivity (Wildman–Crippen MR) is 84.8 cm³/mol. The first kappa shape index (κ1) is 16.9. The van der Waals surface area contributed by atoms with Gasteiger partial charge >= 0.3 is 0 Å². The van der Waals surface area contributed by atoms with Crippen molar-refractivity contribution in [2.75, 3.05) is 0 Å². The number of hydrogen-bond donors (Lipinski definition) is 1. The second-order valence-corrected chi connectivity index (χ2v) is 12.1. The van der Waals surface area contributed by atoms with Crippen molar-refractivity contribution < 1.29 is 9.53 Å². The topological polar surface area (TPSA) is 29.5 Å². The van der Waals surface area contributed by atoms with E-state index < -0.39 is 8.32 Å². The Morgan fingerprint density at radius 3 is 2.32 bits per heavy atom. The second-order valence-electron chi connectivity index (χ2n) is 7.38. The quantitative estimate of drug-likeness (QED) is 0.608. The van der Waals surface area contributed by atoms with E-state index in [9.17, 15) is 5.11 Å². The molecule has 0 aromatic heterocycles. The fourth-order valence-corrected chi connectivity index (χ4v) is 3.96. The average molecular weight is 285 g/mol. The normalized spacial score (nSPS) is 27.7. The monoisotopic (exact) mass is 284 g/mol. The van der Waals surface area contributed by atoms with Crippen molar-refractivity contribution in [1.29, 1.82) is 0 Å². The zero-order chi connectivity index (χ0) is 14.7. The van der Waals surface area contributed by atoms with E-state index in [1.165, 1.54) is 12.8 Å². The lowest BCUT2D eigenvalue weighted by Gasteiger charge is -2.43. The Bertz CT molecular complexity index is 304. The van der Waals surface area contributed by atoms with Crippen LogP contribution in [0.5, 0.6) is 0 Å². The molecule has 112 valence electrons. The van der Waals surface area contributed by atoms with Crippen molar-refractivity contribution >= 4 is 8.32 Å². The van der Waals surface area contributed by atoms with Gasteiger partial charge < -0.3 is 9.53 Å². The van der Waals surface area contributed by atoms with Gasteiger partial charge in [0.15, 0.2) is 8.32 Å². The molecule has 1 N–H and O–H groups in total. The van der Waals surface area contributed by atoms with Crippen LogP contribution in [0.3, 0.4) is 0 Å². The molecule has 0 saturated heterocycles. The highest BCUT2D eigenvalue weighted by Crippen LogP contribution is 2.40. The number of aliphatic hydroxyl groups is 1. The first-order valence-corrected chi connectivity index (χ1v) is 10.6. The summed E-state index contributed by atoms with van der Waals surface area (Å²) in [4.78, 5) is 0. The Morgan fingerprint density at radius 2 is 1.79 bits per heavy atom. The minimum Gasteiger partial charge on any atom is -0.414 e. The lowest BCUT2D eigenvalue weighted by molar-refractivity contribution is 0.0150. The Balaban J connectivity index is 2.78. The van der Waals surface area contributed by atoms with Crippen LogP contribution in [0.4, 0.5) is 0 Å². The summed E-state index contributed by atoms with van der Waals surface area (Å²) in [5.74, 6) is 0.277. The fraction of sp³-hybridized carbons (Fsp3) is 0.875. The number of allylic oxidation sites excluding steroid dienone is 1. The summed E-state index contributed by atoms with van der Waals surface area (Å²) in [6.45, 7) is 13.4. The van der Waals surface area contributed by atoms with Gasteiger partial charge in [-0.15, -0.1) is 0 Å². The van der Waals surface area contributed by atoms with Crippen molar-refractivity contribution in [3.05, 3.63) is 12.2 Å². The van der Waals surface area contributed by atoms with Crippen LogP contribution in [0.2, 0.25) is 18.1 Å². The van der Waals surface area contributed by atoms with Crippen LogP contribution in [0, 0.1) is 5.92 Å². The summed E-state index contributed by atoms with van der Waals surface area (Å²) in [5.41, 5.74) is 0. The molecule has 0 bridgehead atoms. The molecule has 1 rings (SSSR count). The van der Waals surface area contributed by atoms with E-state index in [2.05, 4.69) is 33.9 Å². The zero-order valence-corrected chi connectivity index (χ0v) is 14.6. The van der Waals surface area contributed by atoms with Gasteiger partial charge in [-0.2, -0.15) is 0 Å². The van der Waals surface area contributed by atoms with Gasteiger partial charge in [0.1, 0.15) is 0 Å². The van der Waals surface area contributed by atoms with Gasteiger partial charge in [0.05, 0.1) is 12.2 Å². The van der Waals surface area contributed by atoms with Crippen LogP contribution in [-0.2, 0) is 4.43 Å². The van der Waals surface area contributed by atoms with E-state index in [1.54, 1.807) is 0 Å². The van der Waals surface area contributed by atoms with Crippen molar-refractivity contribution in [3.8, 4) is 0 Å². The van der Waals surface area contributed by atoms with Crippen molar-refractivity contribution in [2.45, 2.75) is 83.7 Å². The van der Waals surface area contributed by atoms with Crippen molar-refractivity contribution in [1.82, 2.24) is 0 Å². The maximum Gasteiger partial charge on any atom is 0.192 e. The molecule has 0 amide bonds. The van der Waals surface area contributed by atoms with Crippen LogP contribution in [-0.4, -0.2) is 25.6 Å². The van der Waals surface area contributed by atoms with Gasteiger partial charge in [-0.1, -0.05) is 45.8 Å². The molecule has 1 aliphatic carbocycles. The third kappa shape index (κ3) is 4.43. The molecule has 0 aliphatic heterocycles. The minimum atomic E-state index is -1.74. The molecule has 0 radical (unpaired) electrons. The third-order valence-corrected chi connectivity index (χ3v) is 9.34. The van der Waals surface area contributed by atoms with E-state index in [-0.39, 0.29) is 23.2 Å². The standard InChI is InChI=1S/C16H32O2Si/c1-7-10-14(17)13-11-8-9-12-15(13)18-19(5,6)16(2,3)4/h7,10,13-15,17H,8-9,11-12H2,1-6H3/t13-,14-,15-/m0/s1. The Morgan fingerprint density at radius 1 is 1.21 bits per heavy atom. The van der Waals surface area contributed by atoms with Gasteiger partial charge in [-0.05, 0) is 37.9 Å². The van der Waals surface area contributed by atoms with Gasteiger partial charge in [-0.25, -0.2) is 0 Å². The molecular formula is C16H32O2Si. The molecule has 0 spiro atoms. The van der Waals surface area contributed by atoms with Gasteiger partial charge in [-0.3, -0.25) is 0 Å². The molecule has 3 heteroatoms. The fourth-order valence-electron chi connectivity index (χ4n) is 2.56. The number of hydrogen-bond acceptors (Lipinski definition) is 2. The first-order chi connectivity index (χ1) is 8.69. The van der Waals surface area contributed by atoms with Crippen LogP contribution < -0.4 is 0 Å². The molecule has 0 aromatic carbocycles. The molecule has 0 aromatic rings. The van der Waals surface area contributed by atoms with Crippen LogP contribution in [0.25, 0.3) is 0 Å². The van der Waals surface area contributed by atoms with Gasteiger partial charge in [0, 0.05) is 5.92 Å². The molecular weight excluding hydrogens is 252 g/mol. The molecule has 19 heavy (non-hydrogen) atoms. The van der Waals surface area contributed by atoms with E-state index in [1.807, 2.05) is 19.1 Å². The highest BCUT2D eigenvalue weighted by Gasteiger charge is 2.42. The smallest absolute Gasteiger partial charge is 0.192 e. The molecule has 1 aliphatic rings. The highest BCUT2D eigenvalue weighted by molar-refractivity contribution is 6.74. The zero-order valence-electron chi connectivity index (χ0n) is 13.6. The van der Waals surface area contributed by atoms with E-state index in [4.69, 9.17) is 4.43 Å². The maximum absolute atomic E-state index is 10.3. The summed E-state index contributed by atoms with van der Waals surface area (Å²) >= 11 is 0. The van der Waals surface area contributed by atoms with Gasteiger partial charge in [0.25, 0.3) is 0 Å². The minimum absolute atomic E-state index is 0.237. The Kier molecular flexibility index (Phi) is 5.84. The number of rotatable bonds is 4. The Labute approximate surface area is 120 Å². The summed E-state index contributed by atoms with van der Waals surface area (Å²) in [7, 11) is -1.74. The molecule has 2 nitrogen and oxygen atoms in total. The van der Waals surface area contributed by atoms with Crippen LogP contribution in [0.15, 0.2) is 12.2 Å². The molecule has 3 atom stereocenters. The summed E-state index contributed by atoms with van der Waals surface area (Å²) in [6, 6.07) is 0. The van der Waals surface area contributed by atoms with Crippen molar-refractivity contribution in [2.24, 2.45) is 5.92 Å². The lowest BCUT2D eigenvalue weighted by atomic mass is 9.82. The summed E-state index contributed by atoms with van der Waals surface area (Å²) in [6.07, 6.45) is 8.40. The van der Waals surface area contributed by atoms with Crippen LogP contribution >= 0.6 is 0 Å². The van der Waals surface area contributed by atoms with Crippen molar-refractivity contribution in [3.63, 3.8) is 0 Å². The highest BCUT2D eigenvalue weighted by atomic mass is 28.4. The maximum atomic E-state index is 10.3. The van der Waals surface area contributed by atoms with Gasteiger partial charge in [0.2, 0.25) is 0 Å². The second kappa shape index (κ2) is 6.55. The first-order valence-electron chi connectivity index (χ1n) is 7.68. The molecule has 0 heterocycles. The summed E-state index contributed by atoms with van der Waals surface area (Å²) < 4.78 is 6.57. The molecule has 1 saturated carbocycles. The molecule has 0 unspecified atom stereocenters. The SMILES string of the molecule is CC=C[C@H](O)[C@@H]1CCCC[C@@H]1O[Si](C)(C)C(C)(C)C. The average Bonchev–Trinajstić information content (AvgIpc) is 2.28.